The Morgan fingerprint density at radius 1 is 1.35 bits per heavy atom. The average Bonchev–Trinajstić information content (AvgIpc) is 2.97. The van der Waals surface area contributed by atoms with Crippen LogP contribution in [-0.2, 0) is 16.4 Å². The molecule has 0 unspecified atom stereocenters. The number of benzene rings is 1. The van der Waals surface area contributed by atoms with Gasteiger partial charge in [-0.1, -0.05) is 22.0 Å². The van der Waals surface area contributed by atoms with Crippen molar-refractivity contribution in [1.29, 1.82) is 0 Å². The van der Waals surface area contributed by atoms with Crippen LogP contribution in [-0.4, -0.2) is 11.1 Å². The average molecular weight is 309 g/mol. The van der Waals surface area contributed by atoms with Crippen LogP contribution in [0.5, 0.6) is 0 Å². The maximum Gasteiger partial charge on any atom is 0.416 e. The smallest absolute Gasteiger partial charge is 0.416 e. The highest BCUT2D eigenvalue weighted by Gasteiger charge is 2.55. The number of carbonyl (C=O) groups is 1. The summed E-state index contributed by atoms with van der Waals surface area (Å²) >= 11 is 2.97. The molecular weight excluding hydrogens is 301 g/mol. The monoisotopic (exact) mass is 308 g/mol. The van der Waals surface area contributed by atoms with Crippen molar-refractivity contribution in [2.45, 2.75) is 24.4 Å². The summed E-state index contributed by atoms with van der Waals surface area (Å²) in [6.07, 6.45) is -4.02. The van der Waals surface area contributed by atoms with Crippen molar-refractivity contribution in [2.75, 3.05) is 0 Å². The number of rotatable bonds is 2. The van der Waals surface area contributed by atoms with E-state index in [0.29, 0.717) is 0 Å². The first-order chi connectivity index (χ1) is 7.77. The first-order valence-electron chi connectivity index (χ1n) is 4.88. The van der Waals surface area contributed by atoms with Gasteiger partial charge in [-0.3, -0.25) is 4.79 Å². The van der Waals surface area contributed by atoms with E-state index in [1.54, 1.807) is 0 Å². The number of halogens is 4. The van der Waals surface area contributed by atoms with Crippen LogP contribution < -0.4 is 0 Å². The molecule has 0 saturated heterocycles. The lowest BCUT2D eigenvalue weighted by atomic mass is 9.91. The van der Waals surface area contributed by atoms with E-state index in [0.717, 1.165) is 6.07 Å². The molecule has 0 heterocycles. The van der Waals surface area contributed by atoms with Crippen LogP contribution in [0.15, 0.2) is 22.7 Å². The van der Waals surface area contributed by atoms with Crippen molar-refractivity contribution >= 4 is 21.9 Å². The van der Waals surface area contributed by atoms with Crippen LogP contribution >= 0.6 is 15.9 Å². The van der Waals surface area contributed by atoms with Crippen molar-refractivity contribution in [3.8, 4) is 0 Å². The summed E-state index contributed by atoms with van der Waals surface area (Å²) in [7, 11) is 0. The molecule has 0 bridgehead atoms. The van der Waals surface area contributed by atoms with Crippen LogP contribution in [0.1, 0.15) is 24.0 Å². The molecule has 1 saturated carbocycles. The number of aliphatic carboxylic acids is 1. The van der Waals surface area contributed by atoms with Crippen molar-refractivity contribution in [1.82, 2.24) is 0 Å². The van der Waals surface area contributed by atoms with Gasteiger partial charge in [-0.05, 0) is 30.5 Å². The second-order valence-corrected chi connectivity index (χ2v) is 4.99. The van der Waals surface area contributed by atoms with Crippen LogP contribution in [0.4, 0.5) is 13.2 Å². The van der Waals surface area contributed by atoms with Crippen LogP contribution in [0, 0.1) is 0 Å². The summed E-state index contributed by atoms with van der Waals surface area (Å²) in [6.45, 7) is 0. The first kappa shape index (κ1) is 12.4. The van der Waals surface area contributed by atoms with Crippen molar-refractivity contribution in [3.05, 3.63) is 33.8 Å². The minimum Gasteiger partial charge on any atom is -0.481 e. The van der Waals surface area contributed by atoms with Gasteiger partial charge in [-0.25, -0.2) is 0 Å². The Morgan fingerprint density at radius 3 is 2.35 bits per heavy atom. The number of hydrogen-bond donors (Lipinski definition) is 1. The normalized spacial score (nSPS) is 17.9. The molecule has 1 aliphatic rings. The number of carboxylic acids is 1. The third-order valence-electron chi connectivity index (χ3n) is 2.96. The van der Waals surface area contributed by atoms with Crippen molar-refractivity contribution < 1.29 is 23.1 Å². The number of hydrogen-bond acceptors (Lipinski definition) is 1. The third kappa shape index (κ3) is 2.06. The highest BCUT2D eigenvalue weighted by Crippen LogP contribution is 2.52. The van der Waals surface area contributed by atoms with Crippen LogP contribution in [0.25, 0.3) is 0 Å². The zero-order valence-electron chi connectivity index (χ0n) is 8.51. The largest absolute Gasteiger partial charge is 0.481 e. The predicted octanol–water partition coefficient (Wildman–Crippen LogP) is 3.58. The van der Waals surface area contributed by atoms with Gasteiger partial charge in [0.2, 0.25) is 0 Å². The summed E-state index contributed by atoms with van der Waals surface area (Å²) in [5.41, 5.74) is -2.35. The molecule has 0 aromatic heterocycles. The Bertz CT molecular complexity index is 478. The van der Waals surface area contributed by atoms with E-state index in [4.69, 9.17) is 5.11 Å². The molecule has 0 amide bonds. The summed E-state index contributed by atoms with van der Waals surface area (Å²) in [4.78, 5) is 11.1. The van der Waals surface area contributed by atoms with Gasteiger partial charge in [0.05, 0.1) is 11.0 Å². The van der Waals surface area contributed by atoms with Gasteiger partial charge in [0, 0.05) is 4.47 Å². The van der Waals surface area contributed by atoms with Crippen LogP contribution in [0.2, 0.25) is 0 Å². The van der Waals surface area contributed by atoms with E-state index in [9.17, 15) is 18.0 Å². The van der Waals surface area contributed by atoms with E-state index in [1.165, 1.54) is 12.1 Å². The fourth-order valence-electron chi connectivity index (χ4n) is 1.89. The molecule has 0 spiro atoms. The summed E-state index contributed by atoms with van der Waals surface area (Å²) in [5.74, 6) is -1.19. The molecule has 1 N–H and O–H groups in total. The number of alkyl halides is 3. The molecule has 1 aromatic carbocycles. The Balaban J connectivity index is 2.59. The zero-order valence-corrected chi connectivity index (χ0v) is 10.1. The standard InChI is InChI=1S/C11H8BrF3O2/c12-6-1-2-7(8(5-6)11(13,14)15)10(3-4-10)9(16)17/h1-2,5H,3-4H2,(H,16,17). The van der Waals surface area contributed by atoms with E-state index in [-0.39, 0.29) is 22.9 Å². The SMILES string of the molecule is O=C(O)C1(c2ccc(Br)cc2C(F)(F)F)CC1. The lowest BCUT2D eigenvalue weighted by molar-refractivity contribution is -0.142. The Morgan fingerprint density at radius 2 is 1.94 bits per heavy atom. The molecule has 0 radical (unpaired) electrons. The van der Waals surface area contributed by atoms with Gasteiger partial charge in [-0.2, -0.15) is 13.2 Å². The molecule has 92 valence electrons. The minimum absolute atomic E-state index is 0.138. The maximum absolute atomic E-state index is 12.8. The molecule has 2 rings (SSSR count). The van der Waals surface area contributed by atoms with Gasteiger partial charge in [0.25, 0.3) is 0 Å². The first-order valence-corrected chi connectivity index (χ1v) is 5.67. The Hall–Kier alpha value is -1.04. The van der Waals surface area contributed by atoms with E-state index < -0.39 is 23.1 Å². The van der Waals surface area contributed by atoms with Crippen molar-refractivity contribution in [2.24, 2.45) is 0 Å². The molecule has 1 aliphatic carbocycles. The highest BCUT2D eigenvalue weighted by molar-refractivity contribution is 9.10. The molecule has 1 fully saturated rings. The summed E-state index contributed by atoms with van der Waals surface area (Å²) in [5, 5.41) is 9.04. The molecule has 17 heavy (non-hydrogen) atoms. The van der Waals surface area contributed by atoms with E-state index in [1.807, 2.05) is 0 Å². The molecule has 0 atom stereocenters. The second kappa shape index (κ2) is 3.73. The minimum atomic E-state index is -4.54. The van der Waals surface area contributed by atoms with Crippen LogP contribution in [0.3, 0.4) is 0 Å². The molecule has 1 aromatic rings. The lowest BCUT2D eigenvalue weighted by Gasteiger charge is -2.18. The predicted molar refractivity (Wildman–Crippen MR) is 57.7 cm³/mol. The van der Waals surface area contributed by atoms with Gasteiger partial charge >= 0.3 is 12.1 Å². The molecule has 6 heteroatoms. The maximum atomic E-state index is 12.8. The Kier molecular flexibility index (Phi) is 2.72. The molecule has 0 aliphatic heterocycles. The second-order valence-electron chi connectivity index (χ2n) is 4.07. The Labute approximate surface area is 104 Å². The number of carboxylic acid groups (broad SMARTS) is 1. The molecular formula is C11H8BrF3O2. The highest BCUT2D eigenvalue weighted by atomic mass is 79.9. The summed E-state index contributed by atoms with van der Waals surface area (Å²) in [6, 6.07) is 3.61. The topological polar surface area (TPSA) is 37.3 Å². The quantitative estimate of drug-likeness (QED) is 0.906. The third-order valence-corrected chi connectivity index (χ3v) is 3.46. The van der Waals surface area contributed by atoms with Crippen molar-refractivity contribution in [3.63, 3.8) is 0 Å². The van der Waals surface area contributed by atoms with E-state index in [2.05, 4.69) is 15.9 Å². The molecule has 2 nitrogen and oxygen atoms in total. The van der Waals surface area contributed by atoms with Gasteiger partial charge in [-0.15, -0.1) is 0 Å². The van der Waals surface area contributed by atoms with Gasteiger partial charge in [0.15, 0.2) is 0 Å². The van der Waals surface area contributed by atoms with Gasteiger partial charge < -0.3 is 5.11 Å². The summed E-state index contributed by atoms with van der Waals surface area (Å²) < 4.78 is 38.8. The fraction of sp³-hybridized carbons (Fsp3) is 0.364. The fourth-order valence-corrected chi connectivity index (χ4v) is 2.25. The van der Waals surface area contributed by atoms with E-state index >= 15 is 0 Å². The zero-order chi connectivity index (χ0) is 12.8. The van der Waals surface area contributed by atoms with Gasteiger partial charge in [0.1, 0.15) is 0 Å². The lowest BCUT2D eigenvalue weighted by Crippen LogP contribution is -2.24.